The molecular formula is C22H19ClN4O4S. The first kappa shape index (κ1) is 23.3. The number of carbonyl (C=O) groups is 2. The summed E-state index contributed by atoms with van der Waals surface area (Å²) >= 11 is 7.37. The lowest BCUT2D eigenvalue weighted by atomic mass is 10.2. The van der Waals surface area contributed by atoms with E-state index in [0.29, 0.717) is 38.6 Å². The Labute approximate surface area is 194 Å². The third-order valence-electron chi connectivity index (χ3n) is 4.22. The van der Waals surface area contributed by atoms with E-state index in [0.717, 1.165) is 0 Å². The van der Waals surface area contributed by atoms with Crippen molar-refractivity contribution in [1.82, 2.24) is 10.1 Å². The first-order valence-electron chi connectivity index (χ1n) is 9.59. The first-order chi connectivity index (χ1) is 15.5. The Kier molecular flexibility index (Phi) is 8.25. The molecule has 0 saturated carbocycles. The molecule has 0 aliphatic carbocycles. The predicted molar refractivity (Wildman–Crippen MR) is 119 cm³/mol. The number of thioether (sulfide) groups is 1. The van der Waals surface area contributed by atoms with Gasteiger partial charge in [0.15, 0.2) is 12.4 Å². The molecule has 3 aromatic rings. The van der Waals surface area contributed by atoms with Gasteiger partial charge in [0.25, 0.3) is 5.91 Å². The lowest BCUT2D eigenvalue weighted by molar-refractivity contribution is -0.121. The number of aryl methyl sites for hydroxylation is 1. The number of rotatable bonds is 9. The van der Waals surface area contributed by atoms with Gasteiger partial charge in [-0.1, -0.05) is 35.0 Å². The van der Waals surface area contributed by atoms with Gasteiger partial charge in [-0.25, -0.2) is 4.79 Å². The number of anilines is 1. The molecular weight excluding hydrogens is 452 g/mol. The van der Waals surface area contributed by atoms with Gasteiger partial charge < -0.3 is 14.2 Å². The molecule has 164 valence electrons. The van der Waals surface area contributed by atoms with Crippen molar-refractivity contribution in [1.29, 1.82) is 5.26 Å². The molecule has 0 saturated heterocycles. The maximum absolute atomic E-state index is 12.8. The minimum absolute atomic E-state index is 0.126. The molecule has 0 atom stereocenters. The van der Waals surface area contributed by atoms with E-state index in [9.17, 15) is 9.59 Å². The van der Waals surface area contributed by atoms with Gasteiger partial charge in [0.05, 0.1) is 23.8 Å². The SMILES string of the molecule is Cc1noc(CSc2ccccc2C(=O)OCC(=O)N(CCC#N)c2cccc(Cl)c2)n1. The average Bonchev–Trinajstić information content (AvgIpc) is 3.21. The lowest BCUT2D eigenvalue weighted by Gasteiger charge is -2.22. The molecule has 8 nitrogen and oxygen atoms in total. The number of amides is 1. The van der Waals surface area contributed by atoms with E-state index in [4.69, 9.17) is 26.1 Å². The predicted octanol–water partition coefficient (Wildman–Crippen LogP) is 4.43. The van der Waals surface area contributed by atoms with Gasteiger partial charge in [-0.15, -0.1) is 11.8 Å². The van der Waals surface area contributed by atoms with Crippen molar-refractivity contribution >= 4 is 40.9 Å². The van der Waals surface area contributed by atoms with Crippen molar-refractivity contribution in [3.8, 4) is 6.07 Å². The summed E-state index contributed by atoms with van der Waals surface area (Å²) in [4.78, 5) is 31.6. The van der Waals surface area contributed by atoms with E-state index < -0.39 is 18.5 Å². The summed E-state index contributed by atoms with van der Waals surface area (Å²) in [7, 11) is 0. The summed E-state index contributed by atoms with van der Waals surface area (Å²) in [5, 5.41) is 13.1. The Bertz CT molecular complexity index is 1140. The first-order valence-corrected chi connectivity index (χ1v) is 11.0. The van der Waals surface area contributed by atoms with Crippen LogP contribution in [0.25, 0.3) is 0 Å². The summed E-state index contributed by atoms with van der Waals surface area (Å²) in [5.74, 6) is 0.283. The van der Waals surface area contributed by atoms with Crippen molar-refractivity contribution in [2.24, 2.45) is 0 Å². The summed E-state index contributed by atoms with van der Waals surface area (Å²) < 4.78 is 10.4. The lowest BCUT2D eigenvalue weighted by Crippen LogP contribution is -2.35. The van der Waals surface area contributed by atoms with E-state index in [1.54, 1.807) is 55.5 Å². The molecule has 1 aromatic heterocycles. The van der Waals surface area contributed by atoms with Crippen LogP contribution in [0.2, 0.25) is 5.02 Å². The number of benzene rings is 2. The molecule has 10 heteroatoms. The van der Waals surface area contributed by atoms with Crippen molar-refractivity contribution in [2.45, 2.75) is 24.0 Å². The maximum atomic E-state index is 12.8. The van der Waals surface area contributed by atoms with Crippen LogP contribution < -0.4 is 4.90 Å². The minimum atomic E-state index is -0.630. The average molecular weight is 471 g/mol. The van der Waals surface area contributed by atoms with Crippen LogP contribution in [0.3, 0.4) is 0 Å². The molecule has 1 amide bonds. The monoisotopic (exact) mass is 470 g/mol. The van der Waals surface area contributed by atoms with Gasteiger partial charge in [0.1, 0.15) is 0 Å². The van der Waals surface area contributed by atoms with Crippen LogP contribution in [0.15, 0.2) is 57.9 Å². The van der Waals surface area contributed by atoms with Crippen LogP contribution >= 0.6 is 23.4 Å². The molecule has 32 heavy (non-hydrogen) atoms. The Morgan fingerprint density at radius 2 is 2.06 bits per heavy atom. The molecule has 0 N–H and O–H groups in total. The molecule has 0 radical (unpaired) electrons. The largest absolute Gasteiger partial charge is 0.452 e. The highest BCUT2D eigenvalue weighted by Crippen LogP contribution is 2.26. The number of aromatic nitrogens is 2. The Hall–Kier alpha value is -3.35. The van der Waals surface area contributed by atoms with Gasteiger partial charge in [0.2, 0.25) is 5.89 Å². The minimum Gasteiger partial charge on any atom is -0.452 e. The van der Waals surface area contributed by atoms with Crippen LogP contribution in [0, 0.1) is 18.3 Å². The number of hydrogen-bond acceptors (Lipinski definition) is 8. The van der Waals surface area contributed by atoms with E-state index in [1.165, 1.54) is 16.7 Å². The number of hydrogen-bond donors (Lipinski definition) is 0. The normalized spacial score (nSPS) is 10.4. The molecule has 1 heterocycles. The number of nitrogens with zero attached hydrogens (tertiary/aromatic N) is 4. The van der Waals surface area contributed by atoms with Crippen LogP contribution in [0.5, 0.6) is 0 Å². The summed E-state index contributed by atoms with van der Waals surface area (Å²) in [6, 6.07) is 15.6. The zero-order valence-electron chi connectivity index (χ0n) is 17.2. The topological polar surface area (TPSA) is 109 Å². The van der Waals surface area contributed by atoms with Gasteiger partial charge >= 0.3 is 5.97 Å². The summed E-state index contributed by atoms with van der Waals surface area (Å²) in [5.41, 5.74) is 0.854. The van der Waals surface area contributed by atoms with Crippen LogP contribution in [0.1, 0.15) is 28.5 Å². The van der Waals surface area contributed by atoms with E-state index >= 15 is 0 Å². The van der Waals surface area contributed by atoms with Gasteiger partial charge in [-0.2, -0.15) is 10.2 Å². The highest BCUT2D eigenvalue weighted by Gasteiger charge is 2.20. The maximum Gasteiger partial charge on any atom is 0.339 e. The van der Waals surface area contributed by atoms with Gasteiger partial charge in [-0.3, -0.25) is 4.79 Å². The quantitative estimate of drug-likeness (QED) is 0.333. The van der Waals surface area contributed by atoms with Crippen LogP contribution in [-0.4, -0.2) is 35.2 Å². The summed E-state index contributed by atoms with van der Waals surface area (Å²) in [6.45, 7) is 1.41. The summed E-state index contributed by atoms with van der Waals surface area (Å²) in [6.07, 6.45) is 0.126. The Morgan fingerprint density at radius 1 is 1.25 bits per heavy atom. The number of esters is 1. The molecule has 0 spiro atoms. The van der Waals surface area contributed by atoms with Crippen LogP contribution in [-0.2, 0) is 15.3 Å². The van der Waals surface area contributed by atoms with Crippen molar-refractivity contribution in [3.05, 3.63) is 70.8 Å². The fourth-order valence-electron chi connectivity index (χ4n) is 2.79. The van der Waals surface area contributed by atoms with E-state index in [2.05, 4.69) is 10.1 Å². The number of halogens is 1. The molecule has 0 unspecified atom stereocenters. The van der Waals surface area contributed by atoms with Gasteiger partial charge in [0, 0.05) is 22.2 Å². The highest BCUT2D eigenvalue weighted by atomic mass is 35.5. The molecule has 2 aromatic carbocycles. The highest BCUT2D eigenvalue weighted by molar-refractivity contribution is 7.98. The Morgan fingerprint density at radius 3 is 2.78 bits per heavy atom. The van der Waals surface area contributed by atoms with Crippen molar-refractivity contribution in [2.75, 3.05) is 18.1 Å². The zero-order chi connectivity index (χ0) is 22.9. The molecule has 0 fully saturated rings. The van der Waals surface area contributed by atoms with Gasteiger partial charge in [-0.05, 0) is 37.3 Å². The zero-order valence-corrected chi connectivity index (χ0v) is 18.7. The second-order valence-electron chi connectivity index (χ2n) is 6.53. The molecule has 0 aliphatic heterocycles. The van der Waals surface area contributed by atoms with E-state index in [1.807, 2.05) is 6.07 Å². The van der Waals surface area contributed by atoms with E-state index in [-0.39, 0.29) is 13.0 Å². The number of ether oxygens (including phenoxy) is 1. The van der Waals surface area contributed by atoms with Crippen LogP contribution in [0.4, 0.5) is 5.69 Å². The Balaban J connectivity index is 1.66. The third-order valence-corrected chi connectivity index (χ3v) is 5.52. The fourth-order valence-corrected chi connectivity index (χ4v) is 3.85. The second-order valence-corrected chi connectivity index (χ2v) is 7.98. The standard InChI is InChI=1S/C22H19ClN4O4S/c1-15-25-20(31-26-15)14-32-19-9-3-2-8-18(19)22(29)30-13-21(28)27(11-5-10-24)17-7-4-6-16(23)12-17/h2-4,6-9,12H,5,11,13-14H2,1H3. The second kappa shape index (κ2) is 11.3. The number of nitriles is 1. The third kappa shape index (κ3) is 6.33. The fraction of sp³-hybridized carbons (Fsp3) is 0.227. The number of carbonyl (C=O) groups excluding carboxylic acids is 2. The smallest absolute Gasteiger partial charge is 0.339 e. The molecule has 0 aliphatic rings. The van der Waals surface area contributed by atoms with Crippen molar-refractivity contribution < 1.29 is 18.8 Å². The van der Waals surface area contributed by atoms with Crippen molar-refractivity contribution in [3.63, 3.8) is 0 Å². The molecule has 0 bridgehead atoms. The molecule has 3 rings (SSSR count).